The summed E-state index contributed by atoms with van der Waals surface area (Å²) in [5.41, 5.74) is 0. The molecule has 1 aromatic rings. The summed E-state index contributed by atoms with van der Waals surface area (Å²) in [5.74, 6) is -11.4. The highest BCUT2D eigenvalue weighted by molar-refractivity contribution is 7.51. The number of halogens is 5. The van der Waals surface area contributed by atoms with E-state index in [9.17, 15) is 26.5 Å². The minimum atomic E-state index is -3.88. The highest BCUT2D eigenvalue weighted by atomic mass is 31.2. The molecule has 0 unspecified atom stereocenters. The van der Waals surface area contributed by atoms with Gasteiger partial charge in [-0.25, -0.2) is 13.2 Å². The van der Waals surface area contributed by atoms with Crippen LogP contribution in [-0.4, -0.2) is 22.6 Å². The Morgan fingerprint density at radius 1 is 0.607 bits per heavy atom. The summed E-state index contributed by atoms with van der Waals surface area (Å²) in [4.78, 5) is 17.4. The second-order valence-electron chi connectivity index (χ2n) is 6.67. The molecule has 0 aromatic heterocycles. The number of ether oxygens (including phenoxy) is 1. The Morgan fingerprint density at radius 3 is 1.39 bits per heavy atom. The molecule has 0 aliphatic rings. The molecule has 0 spiro atoms. The first-order valence-electron chi connectivity index (χ1n) is 9.34. The molecule has 1 rings (SSSR count). The van der Waals surface area contributed by atoms with Crippen LogP contribution in [0.2, 0.25) is 0 Å². The van der Waals surface area contributed by atoms with E-state index in [-0.39, 0.29) is 12.8 Å². The molecule has 0 saturated heterocycles. The quantitative estimate of drug-likeness (QED) is 0.127. The third kappa shape index (κ3) is 8.88. The second kappa shape index (κ2) is 12.4. The van der Waals surface area contributed by atoms with Gasteiger partial charge in [0, 0.05) is 6.16 Å². The van der Waals surface area contributed by atoms with Crippen molar-refractivity contribution in [1.29, 1.82) is 0 Å². The van der Waals surface area contributed by atoms with Crippen molar-refractivity contribution in [2.24, 2.45) is 0 Å². The molecule has 0 bridgehead atoms. The van der Waals surface area contributed by atoms with Crippen molar-refractivity contribution in [3.63, 3.8) is 0 Å². The molecular formula is C18H26F5O4P. The molecule has 0 saturated carbocycles. The molecule has 0 atom stereocenters. The third-order valence-corrected chi connectivity index (χ3v) is 5.16. The summed E-state index contributed by atoms with van der Waals surface area (Å²) >= 11 is 0. The second-order valence-corrected chi connectivity index (χ2v) is 8.45. The molecule has 0 heterocycles. The zero-order valence-electron chi connectivity index (χ0n) is 15.5. The van der Waals surface area contributed by atoms with Gasteiger partial charge in [0.15, 0.2) is 5.75 Å². The molecule has 1 aromatic carbocycles. The molecule has 0 radical (unpaired) electrons. The Bertz CT molecular complexity index is 637. The van der Waals surface area contributed by atoms with Crippen LogP contribution in [0.25, 0.3) is 0 Å². The number of rotatable bonds is 14. The first-order chi connectivity index (χ1) is 13.1. The van der Waals surface area contributed by atoms with Gasteiger partial charge in [0.25, 0.3) is 0 Å². The summed E-state index contributed by atoms with van der Waals surface area (Å²) in [7, 11) is -3.88. The molecule has 162 valence electrons. The van der Waals surface area contributed by atoms with Gasteiger partial charge in [-0.3, -0.25) is 4.57 Å². The topological polar surface area (TPSA) is 66.8 Å². The molecule has 0 aliphatic carbocycles. The van der Waals surface area contributed by atoms with Gasteiger partial charge in [-0.05, 0) is 12.8 Å². The van der Waals surface area contributed by atoms with Gasteiger partial charge in [-0.2, -0.15) is 8.78 Å². The SMILES string of the molecule is O=P(O)(O)CCCCCCCCCCCCOc1c(F)c(F)c(F)c(F)c1F. The molecule has 28 heavy (non-hydrogen) atoms. The van der Waals surface area contributed by atoms with Crippen LogP contribution in [0.1, 0.15) is 64.2 Å². The molecule has 4 nitrogen and oxygen atoms in total. The fourth-order valence-electron chi connectivity index (χ4n) is 2.72. The Morgan fingerprint density at radius 2 is 0.964 bits per heavy atom. The molecular weight excluding hydrogens is 406 g/mol. The molecule has 0 fully saturated rings. The summed E-state index contributed by atoms with van der Waals surface area (Å²) in [6, 6.07) is 0. The van der Waals surface area contributed by atoms with Crippen LogP contribution in [0.5, 0.6) is 5.75 Å². The van der Waals surface area contributed by atoms with E-state index >= 15 is 0 Å². The van der Waals surface area contributed by atoms with Crippen molar-refractivity contribution in [3.8, 4) is 5.75 Å². The van der Waals surface area contributed by atoms with Gasteiger partial charge >= 0.3 is 7.60 Å². The zero-order chi connectivity index (χ0) is 21.2. The standard InChI is InChI=1S/C18H26F5O4P/c19-13-14(20)16(22)18(17(23)15(13)21)27-11-9-7-5-3-1-2-4-6-8-10-12-28(24,25)26/h1-12H2,(H2,24,25,26). The van der Waals surface area contributed by atoms with Gasteiger partial charge in [-0.15, -0.1) is 0 Å². The van der Waals surface area contributed by atoms with E-state index in [4.69, 9.17) is 14.5 Å². The van der Waals surface area contributed by atoms with Crippen molar-refractivity contribution in [2.75, 3.05) is 12.8 Å². The van der Waals surface area contributed by atoms with Crippen LogP contribution in [0.4, 0.5) is 22.0 Å². The highest BCUT2D eigenvalue weighted by Crippen LogP contribution is 2.35. The van der Waals surface area contributed by atoms with E-state index in [1.807, 2.05) is 0 Å². The first kappa shape index (κ1) is 24.9. The smallest absolute Gasteiger partial charge is 0.325 e. The van der Waals surface area contributed by atoms with Gasteiger partial charge in [0.2, 0.25) is 29.1 Å². The van der Waals surface area contributed by atoms with E-state index in [0.29, 0.717) is 19.3 Å². The maximum absolute atomic E-state index is 13.4. The van der Waals surface area contributed by atoms with Crippen molar-refractivity contribution in [3.05, 3.63) is 29.1 Å². The fraction of sp³-hybridized carbons (Fsp3) is 0.667. The minimum absolute atomic E-state index is 0.0694. The summed E-state index contributed by atoms with van der Waals surface area (Å²) < 4.78 is 81.2. The summed E-state index contributed by atoms with van der Waals surface area (Å²) in [6.07, 6.45) is 8.12. The number of hydrogen-bond donors (Lipinski definition) is 2. The maximum atomic E-state index is 13.4. The van der Waals surface area contributed by atoms with Crippen molar-refractivity contribution >= 4 is 7.60 Å². The van der Waals surface area contributed by atoms with Crippen molar-refractivity contribution in [1.82, 2.24) is 0 Å². The Hall–Kier alpha value is -1.18. The van der Waals surface area contributed by atoms with Crippen LogP contribution in [0, 0.1) is 29.1 Å². The van der Waals surface area contributed by atoms with Gasteiger partial charge in [0.05, 0.1) is 6.61 Å². The highest BCUT2D eigenvalue weighted by Gasteiger charge is 2.26. The maximum Gasteiger partial charge on any atom is 0.325 e. The minimum Gasteiger partial charge on any atom is -0.487 e. The molecule has 10 heteroatoms. The fourth-order valence-corrected chi connectivity index (χ4v) is 3.36. The van der Waals surface area contributed by atoms with Crippen LogP contribution >= 0.6 is 7.60 Å². The van der Waals surface area contributed by atoms with E-state index in [1.54, 1.807) is 0 Å². The number of hydrogen-bond acceptors (Lipinski definition) is 2. The largest absolute Gasteiger partial charge is 0.487 e. The lowest BCUT2D eigenvalue weighted by molar-refractivity contribution is 0.255. The summed E-state index contributed by atoms with van der Waals surface area (Å²) in [5, 5.41) is 0. The van der Waals surface area contributed by atoms with Crippen LogP contribution in [-0.2, 0) is 4.57 Å². The van der Waals surface area contributed by atoms with Gasteiger partial charge < -0.3 is 14.5 Å². The number of benzene rings is 1. The zero-order valence-corrected chi connectivity index (χ0v) is 16.4. The Labute approximate surface area is 161 Å². The lowest BCUT2D eigenvalue weighted by Crippen LogP contribution is -2.08. The Balaban J connectivity index is 2.07. The lowest BCUT2D eigenvalue weighted by atomic mass is 10.1. The Kier molecular flexibility index (Phi) is 11.0. The van der Waals surface area contributed by atoms with Crippen molar-refractivity contribution in [2.45, 2.75) is 64.2 Å². The van der Waals surface area contributed by atoms with E-state index in [2.05, 4.69) is 0 Å². The summed E-state index contributed by atoms with van der Waals surface area (Å²) in [6.45, 7) is -0.141. The van der Waals surface area contributed by atoms with Crippen molar-refractivity contribution < 1.29 is 41.0 Å². The predicted molar refractivity (Wildman–Crippen MR) is 94.8 cm³/mol. The third-order valence-electron chi connectivity index (χ3n) is 4.26. The molecule has 2 N–H and O–H groups in total. The van der Waals surface area contributed by atoms with Gasteiger partial charge in [0.1, 0.15) is 0 Å². The van der Waals surface area contributed by atoms with E-state index in [1.165, 1.54) is 0 Å². The average molecular weight is 432 g/mol. The van der Waals surface area contributed by atoms with E-state index < -0.39 is 42.4 Å². The molecule has 0 aliphatic heterocycles. The van der Waals surface area contributed by atoms with Gasteiger partial charge in [-0.1, -0.05) is 51.4 Å². The van der Waals surface area contributed by atoms with Crippen LogP contribution < -0.4 is 4.74 Å². The van der Waals surface area contributed by atoms with E-state index in [0.717, 1.165) is 44.9 Å². The average Bonchev–Trinajstić information content (AvgIpc) is 2.63. The predicted octanol–water partition coefficient (Wildman–Crippen LogP) is 5.84. The number of unbranched alkanes of at least 4 members (excludes halogenated alkanes) is 9. The van der Waals surface area contributed by atoms with Crippen LogP contribution in [0.15, 0.2) is 0 Å². The normalized spacial score (nSPS) is 11.8. The first-order valence-corrected chi connectivity index (χ1v) is 11.1. The molecule has 0 amide bonds. The van der Waals surface area contributed by atoms with Crippen LogP contribution in [0.3, 0.4) is 0 Å². The monoisotopic (exact) mass is 432 g/mol. The lowest BCUT2D eigenvalue weighted by Gasteiger charge is -2.10.